The largest absolute Gasteiger partial charge is 0.411 e. The highest BCUT2D eigenvalue weighted by Gasteiger charge is 2.30. The van der Waals surface area contributed by atoms with Crippen LogP contribution in [0.25, 0.3) is 0 Å². The molecule has 2 unspecified atom stereocenters. The van der Waals surface area contributed by atoms with Gasteiger partial charge in [-0.3, -0.25) is 0 Å². The van der Waals surface area contributed by atoms with Crippen molar-refractivity contribution in [3.8, 4) is 0 Å². The van der Waals surface area contributed by atoms with E-state index < -0.39 is 17.1 Å². The molecule has 1 heterocycles. The molecular formula is C18H39NO3Si2. The third-order valence-corrected chi connectivity index (χ3v) is 9.14. The molecule has 24 heavy (non-hydrogen) atoms. The third-order valence-electron chi connectivity index (χ3n) is 4.59. The number of ether oxygens (including phenoxy) is 2. The quantitative estimate of drug-likeness (QED) is 0.334. The second-order valence-electron chi connectivity index (χ2n) is 7.76. The first-order chi connectivity index (χ1) is 11.4. The summed E-state index contributed by atoms with van der Waals surface area (Å²) in [5, 5.41) is 0. The Hall–Kier alpha value is 0.0138. The Morgan fingerprint density at radius 2 is 2.17 bits per heavy atom. The molecule has 1 aliphatic rings. The predicted molar refractivity (Wildman–Crippen MR) is 108 cm³/mol. The maximum atomic E-state index is 6.47. The minimum Gasteiger partial charge on any atom is -0.411 e. The van der Waals surface area contributed by atoms with E-state index in [2.05, 4.69) is 44.6 Å². The lowest BCUT2D eigenvalue weighted by Crippen LogP contribution is -2.47. The second kappa shape index (κ2) is 11.6. The first-order valence-corrected chi connectivity index (χ1v) is 15.7. The van der Waals surface area contributed by atoms with Crippen molar-refractivity contribution in [3.05, 3.63) is 12.7 Å². The van der Waals surface area contributed by atoms with Crippen LogP contribution >= 0.6 is 0 Å². The zero-order valence-electron chi connectivity index (χ0n) is 16.6. The maximum Gasteiger partial charge on any atom is 0.187 e. The molecule has 4 nitrogen and oxygen atoms in total. The Bertz CT molecular complexity index is 353. The van der Waals surface area contributed by atoms with Crippen molar-refractivity contribution >= 4 is 17.1 Å². The van der Waals surface area contributed by atoms with Gasteiger partial charge in [0.1, 0.15) is 0 Å². The van der Waals surface area contributed by atoms with Crippen molar-refractivity contribution in [2.45, 2.75) is 63.8 Å². The van der Waals surface area contributed by atoms with Crippen molar-refractivity contribution in [2.24, 2.45) is 0 Å². The predicted octanol–water partition coefficient (Wildman–Crippen LogP) is 3.31. The van der Waals surface area contributed by atoms with Crippen molar-refractivity contribution in [3.63, 3.8) is 0 Å². The molecule has 0 saturated carbocycles. The van der Waals surface area contributed by atoms with Crippen LogP contribution in [-0.2, 0) is 13.9 Å². The van der Waals surface area contributed by atoms with Gasteiger partial charge >= 0.3 is 0 Å². The van der Waals surface area contributed by atoms with Gasteiger partial charge in [-0.15, -0.1) is 6.58 Å². The summed E-state index contributed by atoms with van der Waals surface area (Å²) in [7, 11) is -2.32. The normalized spacial score (nSPS) is 23.7. The maximum absolute atomic E-state index is 6.47. The van der Waals surface area contributed by atoms with Crippen LogP contribution in [0.3, 0.4) is 0 Å². The smallest absolute Gasteiger partial charge is 0.187 e. The summed E-state index contributed by atoms with van der Waals surface area (Å²) in [5.41, 5.74) is 0.489. The molecule has 0 aromatic rings. The highest BCUT2D eigenvalue weighted by atomic mass is 28.4. The van der Waals surface area contributed by atoms with E-state index in [0.29, 0.717) is 18.9 Å². The van der Waals surface area contributed by atoms with Gasteiger partial charge in [0, 0.05) is 25.4 Å². The summed E-state index contributed by atoms with van der Waals surface area (Å²) in [4.78, 5) is 2.56. The summed E-state index contributed by atoms with van der Waals surface area (Å²) in [6, 6.07) is 1.23. The van der Waals surface area contributed by atoms with Gasteiger partial charge in [-0.25, -0.2) is 0 Å². The first-order valence-electron chi connectivity index (χ1n) is 9.58. The number of hydrogen-bond donors (Lipinski definition) is 0. The van der Waals surface area contributed by atoms with Gasteiger partial charge in [0.05, 0.1) is 28.1 Å². The molecule has 0 aromatic heterocycles. The molecule has 0 radical (unpaired) electrons. The summed E-state index contributed by atoms with van der Waals surface area (Å²) in [6.45, 7) is 20.6. The Morgan fingerprint density at radius 1 is 1.42 bits per heavy atom. The Kier molecular flexibility index (Phi) is 10.7. The fourth-order valence-corrected chi connectivity index (χ4v) is 6.93. The van der Waals surface area contributed by atoms with Gasteiger partial charge < -0.3 is 18.8 Å². The molecule has 0 N–H and O–H groups in total. The van der Waals surface area contributed by atoms with Crippen molar-refractivity contribution < 1.29 is 13.9 Å². The molecule has 142 valence electrons. The van der Waals surface area contributed by atoms with Crippen LogP contribution in [-0.4, -0.2) is 73.3 Å². The minimum atomic E-state index is -1.55. The van der Waals surface area contributed by atoms with Crippen LogP contribution in [0.5, 0.6) is 0 Å². The molecular weight excluding hydrogens is 334 g/mol. The Balaban J connectivity index is 2.57. The molecule has 0 spiro atoms. The highest BCUT2D eigenvalue weighted by Crippen LogP contribution is 2.21. The van der Waals surface area contributed by atoms with Crippen molar-refractivity contribution in [1.29, 1.82) is 0 Å². The van der Waals surface area contributed by atoms with Gasteiger partial charge in [0.2, 0.25) is 0 Å². The van der Waals surface area contributed by atoms with E-state index in [9.17, 15) is 0 Å². The van der Waals surface area contributed by atoms with E-state index in [1.807, 2.05) is 6.08 Å². The van der Waals surface area contributed by atoms with Gasteiger partial charge in [-0.2, -0.15) is 0 Å². The van der Waals surface area contributed by atoms with E-state index in [-0.39, 0.29) is 6.10 Å². The molecule has 1 saturated heterocycles. The zero-order chi connectivity index (χ0) is 18.0. The summed E-state index contributed by atoms with van der Waals surface area (Å²) in [6.07, 6.45) is 4.40. The van der Waals surface area contributed by atoms with Crippen molar-refractivity contribution in [1.82, 2.24) is 4.90 Å². The molecule has 0 aliphatic carbocycles. The van der Waals surface area contributed by atoms with E-state index in [1.54, 1.807) is 0 Å². The highest BCUT2D eigenvalue weighted by molar-refractivity contribution is 6.71. The Morgan fingerprint density at radius 3 is 2.79 bits per heavy atom. The second-order valence-corrected chi connectivity index (χ2v) is 15.2. The first kappa shape index (κ1) is 22.1. The van der Waals surface area contributed by atoms with Gasteiger partial charge in [0.25, 0.3) is 0 Å². The number of rotatable bonds is 10. The zero-order valence-corrected chi connectivity index (χ0v) is 18.7. The average Bonchev–Trinajstić information content (AvgIpc) is 2.48. The van der Waals surface area contributed by atoms with E-state index in [1.165, 1.54) is 19.0 Å². The fourth-order valence-electron chi connectivity index (χ4n) is 3.36. The molecule has 0 bridgehead atoms. The molecule has 1 fully saturated rings. The molecule has 2 atom stereocenters. The molecule has 0 amide bonds. The van der Waals surface area contributed by atoms with Crippen molar-refractivity contribution in [2.75, 3.05) is 39.5 Å². The lowest BCUT2D eigenvalue weighted by molar-refractivity contribution is 0.0267. The summed E-state index contributed by atoms with van der Waals surface area (Å²) in [5.74, 6) is 0. The van der Waals surface area contributed by atoms with E-state index >= 15 is 0 Å². The van der Waals surface area contributed by atoms with Crippen LogP contribution < -0.4 is 0 Å². The van der Waals surface area contributed by atoms with Gasteiger partial charge in [0.15, 0.2) is 8.32 Å². The molecule has 1 rings (SSSR count). The summed E-state index contributed by atoms with van der Waals surface area (Å²) < 4.78 is 18.1. The van der Waals surface area contributed by atoms with Crippen LogP contribution in [0, 0.1) is 0 Å². The number of nitrogens with zero attached hydrogens (tertiary/aromatic N) is 1. The van der Waals surface area contributed by atoms with Crippen LogP contribution in [0.1, 0.15) is 19.8 Å². The summed E-state index contributed by atoms with van der Waals surface area (Å²) >= 11 is 0. The van der Waals surface area contributed by atoms with Crippen LogP contribution in [0.2, 0.25) is 32.2 Å². The Labute approximate surface area is 152 Å². The average molecular weight is 374 g/mol. The lowest BCUT2D eigenvalue weighted by Gasteiger charge is -2.37. The molecule has 6 heteroatoms. The minimum absolute atomic E-state index is 0.189. The van der Waals surface area contributed by atoms with Crippen LogP contribution in [0.4, 0.5) is 0 Å². The SMILES string of the molecule is C=CCOCC1CN(CCC(OCC)[SiH](C)C)CCC[Si](C)(C)O1. The lowest BCUT2D eigenvalue weighted by atomic mass is 10.3. The fraction of sp³-hybridized carbons (Fsp3) is 0.889. The monoisotopic (exact) mass is 373 g/mol. The van der Waals surface area contributed by atoms with E-state index in [0.717, 1.165) is 26.1 Å². The standard InChI is InChI=1S/C18H39NO3Si2/c1-7-13-20-16-17-15-19(11-9-14-24(5,6)22-17)12-10-18(21-8-2)23(3)4/h7,17-18,23H,1,8-16H2,2-6H3. The third kappa shape index (κ3) is 8.92. The van der Waals surface area contributed by atoms with Crippen LogP contribution in [0.15, 0.2) is 12.7 Å². The van der Waals surface area contributed by atoms with E-state index in [4.69, 9.17) is 13.9 Å². The molecule has 1 aliphatic heterocycles. The topological polar surface area (TPSA) is 30.9 Å². The van der Waals surface area contributed by atoms with Gasteiger partial charge in [-0.05, 0) is 45.4 Å². The molecule has 0 aromatic carbocycles. The van der Waals surface area contributed by atoms with Gasteiger partial charge in [-0.1, -0.05) is 19.2 Å². The number of hydrogen-bond acceptors (Lipinski definition) is 4.